The number of phenols is 1. The Morgan fingerprint density at radius 2 is 2.17 bits per heavy atom. The molecule has 0 fully saturated rings. The van der Waals surface area contributed by atoms with Gasteiger partial charge in [-0.1, -0.05) is 0 Å². The average Bonchev–Trinajstić information content (AvgIpc) is 2.03. The minimum atomic E-state index is 0.400. The number of hydrogen-bond acceptors (Lipinski definition) is 1. The topological polar surface area (TPSA) is 20.2 Å². The van der Waals surface area contributed by atoms with Gasteiger partial charge in [0.15, 0.2) is 0 Å². The van der Waals surface area contributed by atoms with Crippen LogP contribution in [0.15, 0.2) is 33.5 Å². The van der Waals surface area contributed by atoms with Crippen LogP contribution < -0.4 is 0 Å². The maximum atomic E-state index is 9.41. The standard InChI is InChI=1S/C10H11O.Pb/c1-2-3-6-9-7-4-5-8-10(9)11;/h3-5,7-8,11H,6H2,1H3;. The third-order valence-electron chi connectivity index (χ3n) is 1.62. The third-order valence-corrected chi connectivity index (χ3v) is 2.41. The van der Waals surface area contributed by atoms with Gasteiger partial charge in [-0.3, -0.25) is 0 Å². The van der Waals surface area contributed by atoms with E-state index in [0.717, 1.165) is 37.8 Å². The first kappa shape index (κ1) is 9.77. The summed E-state index contributed by atoms with van der Waals surface area (Å²) in [4.78, 5) is 0. The molecule has 0 bridgehead atoms. The van der Waals surface area contributed by atoms with Gasteiger partial charge in [0.05, 0.1) is 0 Å². The van der Waals surface area contributed by atoms with E-state index in [4.69, 9.17) is 0 Å². The maximum absolute atomic E-state index is 9.41. The molecule has 12 heavy (non-hydrogen) atoms. The molecule has 2 heteroatoms. The molecule has 0 unspecified atom stereocenters. The van der Waals surface area contributed by atoms with Crippen LogP contribution in [0.4, 0.5) is 0 Å². The molecule has 0 heterocycles. The molecule has 0 aliphatic carbocycles. The van der Waals surface area contributed by atoms with Gasteiger partial charge in [0.25, 0.3) is 0 Å². The van der Waals surface area contributed by atoms with Crippen LogP contribution in [-0.4, -0.2) is 30.9 Å². The van der Waals surface area contributed by atoms with Crippen molar-refractivity contribution in [3.05, 3.63) is 39.0 Å². The average molecular weight is 354 g/mol. The van der Waals surface area contributed by atoms with Gasteiger partial charge in [-0.25, -0.2) is 0 Å². The summed E-state index contributed by atoms with van der Waals surface area (Å²) in [6.45, 7) is 2.12. The molecule has 1 N–H and O–H groups in total. The minimum absolute atomic E-state index is 0.400. The molecule has 61 valence electrons. The summed E-state index contributed by atoms with van der Waals surface area (Å²) in [6.07, 6.45) is 3.02. The molecule has 0 aliphatic heterocycles. The van der Waals surface area contributed by atoms with Crippen molar-refractivity contribution >= 4 is 25.8 Å². The van der Waals surface area contributed by atoms with E-state index in [2.05, 4.69) is 13.0 Å². The van der Waals surface area contributed by atoms with Gasteiger partial charge in [-0.15, -0.1) is 0 Å². The van der Waals surface area contributed by atoms with Crippen molar-refractivity contribution in [1.82, 2.24) is 0 Å². The normalized spacial score (nSPS) is 11.7. The zero-order valence-corrected chi connectivity index (χ0v) is 10.9. The van der Waals surface area contributed by atoms with E-state index in [-0.39, 0.29) is 0 Å². The molecule has 0 aromatic heterocycles. The molecule has 0 spiro atoms. The monoisotopic (exact) mass is 355 g/mol. The van der Waals surface area contributed by atoms with Crippen molar-refractivity contribution in [1.29, 1.82) is 0 Å². The molecule has 0 saturated carbocycles. The SMILES string of the molecule is C/[C]([Pb])=C\Cc1ccccc1O. The fourth-order valence-electron chi connectivity index (χ4n) is 0.946. The zero-order valence-electron chi connectivity index (χ0n) is 7.04. The molecule has 1 nitrogen and oxygen atoms in total. The van der Waals surface area contributed by atoms with Crippen LogP contribution in [0.25, 0.3) is 0 Å². The summed E-state index contributed by atoms with van der Waals surface area (Å²) in [5.74, 6) is 0.400. The van der Waals surface area contributed by atoms with Gasteiger partial charge in [0, 0.05) is 0 Å². The Kier molecular flexibility index (Phi) is 3.78. The van der Waals surface area contributed by atoms with Crippen molar-refractivity contribution in [3.8, 4) is 5.75 Å². The summed E-state index contributed by atoms with van der Waals surface area (Å²) in [7, 11) is 0. The van der Waals surface area contributed by atoms with Gasteiger partial charge in [-0.05, 0) is 0 Å². The first-order valence-corrected chi connectivity index (χ1v) is 5.80. The summed E-state index contributed by atoms with van der Waals surface area (Å²) in [5.41, 5.74) is 1.01. The van der Waals surface area contributed by atoms with Crippen LogP contribution >= 0.6 is 0 Å². The summed E-state index contributed by atoms with van der Waals surface area (Å²) in [5, 5.41) is 9.41. The van der Waals surface area contributed by atoms with Crippen molar-refractivity contribution in [2.75, 3.05) is 0 Å². The quantitative estimate of drug-likeness (QED) is 0.806. The molecule has 0 atom stereocenters. The first-order valence-electron chi connectivity index (χ1n) is 3.85. The molecular formula is C10H11OPb. The summed E-state index contributed by atoms with van der Waals surface area (Å²) in [6, 6.07) is 7.48. The van der Waals surface area contributed by atoms with Gasteiger partial charge in [0.1, 0.15) is 0 Å². The molecule has 1 aromatic carbocycles. The third kappa shape index (κ3) is 2.97. The van der Waals surface area contributed by atoms with Crippen molar-refractivity contribution < 1.29 is 5.11 Å². The number of benzene rings is 1. The molecule has 0 amide bonds. The van der Waals surface area contributed by atoms with E-state index in [9.17, 15) is 5.11 Å². The van der Waals surface area contributed by atoms with Crippen LogP contribution in [0.5, 0.6) is 5.75 Å². The van der Waals surface area contributed by atoms with Crippen molar-refractivity contribution in [2.45, 2.75) is 13.3 Å². The Morgan fingerprint density at radius 1 is 1.50 bits per heavy atom. The van der Waals surface area contributed by atoms with Crippen LogP contribution in [-0.2, 0) is 6.42 Å². The number of aromatic hydroxyl groups is 1. The molecule has 0 aliphatic rings. The number of rotatable bonds is 2. The Hall–Kier alpha value is -0.318. The van der Waals surface area contributed by atoms with Crippen LogP contribution in [0, 0.1) is 0 Å². The van der Waals surface area contributed by atoms with Gasteiger partial charge in [0.2, 0.25) is 0 Å². The summed E-state index contributed by atoms with van der Waals surface area (Å²) < 4.78 is 1.42. The van der Waals surface area contributed by atoms with Crippen LogP contribution in [0.2, 0.25) is 0 Å². The number of para-hydroxylation sites is 1. The molecule has 3 radical (unpaired) electrons. The predicted octanol–water partition coefficient (Wildman–Crippen LogP) is 2.01. The van der Waals surface area contributed by atoms with Gasteiger partial charge in [-0.2, -0.15) is 0 Å². The van der Waals surface area contributed by atoms with E-state index in [1.54, 1.807) is 6.07 Å². The van der Waals surface area contributed by atoms with E-state index >= 15 is 0 Å². The van der Waals surface area contributed by atoms with E-state index in [1.165, 1.54) is 3.13 Å². The number of hydrogen-bond donors (Lipinski definition) is 1. The molecular weight excluding hydrogens is 343 g/mol. The number of allylic oxidation sites excluding steroid dienone is 2. The van der Waals surface area contributed by atoms with Crippen LogP contribution in [0.3, 0.4) is 0 Å². The second-order valence-corrected chi connectivity index (χ2v) is 5.79. The molecule has 1 aromatic rings. The Labute approximate surface area is 88.8 Å². The van der Waals surface area contributed by atoms with Crippen molar-refractivity contribution in [2.24, 2.45) is 0 Å². The fraction of sp³-hybridized carbons (Fsp3) is 0.200. The van der Waals surface area contributed by atoms with Gasteiger partial charge >= 0.3 is 89.0 Å². The van der Waals surface area contributed by atoms with Gasteiger partial charge < -0.3 is 0 Å². The molecule has 0 saturated heterocycles. The molecule has 1 rings (SSSR count). The number of phenolic OH excluding ortho intramolecular Hbond substituents is 1. The van der Waals surface area contributed by atoms with E-state index in [0.29, 0.717) is 5.75 Å². The Bertz CT molecular complexity index is 288. The second kappa shape index (κ2) is 4.65. The predicted molar refractivity (Wildman–Crippen MR) is 51.3 cm³/mol. The van der Waals surface area contributed by atoms with Crippen molar-refractivity contribution in [3.63, 3.8) is 0 Å². The first-order chi connectivity index (χ1) is 5.70. The van der Waals surface area contributed by atoms with E-state index in [1.807, 2.05) is 18.2 Å². The van der Waals surface area contributed by atoms with E-state index < -0.39 is 0 Å². The zero-order chi connectivity index (χ0) is 8.97. The second-order valence-electron chi connectivity index (χ2n) is 2.72. The summed E-state index contributed by atoms with van der Waals surface area (Å²) >= 11 is 1.11. The Morgan fingerprint density at radius 3 is 2.75 bits per heavy atom. The fourth-order valence-corrected chi connectivity index (χ4v) is 1.34. The Balaban J connectivity index is 2.76. The van der Waals surface area contributed by atoms with Crippen LogP contribution in [0.1, 0.15) is 12.5 Å².